The van der Waals surface area contributed by atoms with E-state index in [4.69, 9.17) is 4.74 Å². The summed E-state index contributed by atoms with van der Waals surface area (Å²) in [4.78, 5) is 10.8. The van der Waals surface area contributed by atoms with Crippen molar-refractivity contribution < 1.29 is 26.7 Å². The van der Waals surface area contributed by atoms with Crippen molar-refractivity contribution in [2.45, 2.75) is 50.2 Å². The number of sulfonamides is 1. The number of carbonyl (C=O) groups excluding carboxylic acids is 1. The lowest BCUT2D eigenvalue weighted by Gasteiger charge is -2.32. The molecule has 25 heavy (non-hydrogen) atoms. The van der Waals surface area contributed by atoms with Crippen molar-refractivity contribution in [3.05, 3.63) is 29.8 Å². The molecular formula is C16H22F2N2O4S. The number of benzene rings is 1. The number of carbonyl (C=O) groups is 1. The van der Waals surface area contributed by atoms with E-state index >= 15 is 0 Å². The Bertz CT molecular complexity index is 719. The van der Waals surface area contributed by atoms with Gasteiger partial charge in [-0.15, -0.1) is 0 Å². The fraction of sp³-hybridized carbons (Fsp3) is 0.562. The Morgan fingerprint density at radius 2 is 1.72 bits per heavy atom. The predicted octanol–water partition coefficient (Wildman–Crippen LogP) is 2.64. The second-order valence-electron chi connectivity index (χ2n) is 6.88. The summed E-state index contributed by atoms with van der Waals surface area (Å²) in [6, 6.07) is 2.67. The van der Waals surface area contributed by atoms with E-state index in [0.717, 1.165) is 22.5 Å². The van der Waals surface area contributed by atoms with Gasteiger partial charge < -0.3 is 10.1 Å². The number of halogens is 2. The van der Waals surface area contributed by atoms with Crippen LogP contribution in [0.5, 0.6) is 0 Å². The number of alkyl carbamates (subject to hydrolysis) is 1. The van der Waals surface area contributed by atoms with Crippen molar-refractivity contribution in [2.75, 3.05) is 13.1 Å². The molecule has 2 rings (SSSR count). The van der Waals surface area contributed by atoms with Gasteiger partial charge in [0.2, 0.25) is 10.0 Å². The van der Waals surface area contributed by atoms with E-state index in [-0.39, 0.29) is 19.1 Å². The van der Waals surface area contributed by atoms with Crippen molar-refractivity contribution >= 4 is 16.1 Å². The third-order valence-corrected chi connectivity index (χ3v) is 5.64. The number of hydrogen-bond donors (Lipinski definition) is 1. The van der Waals surface area contributed by atoms with Crippen molar-refractivity contribution in [2.24, 2.45) is 0 Å². The third kappa shape index (κ3) is 4.88. The highest BCUT2D eigenvalue weighted by atomic mass is 32.2. The highest BCUT2D eigenvalue weighted by Gasteiger charge is 2.34. The highest BCUT2D eigenvalue weighted by Crippen LogP contribution is 2.25. The number of amides is 1. The molecule has 9 heteroatoms. The zero-order chi connectivity index (χ0) is 18.8. The summed E-state index contributed by atoms with van der Waals surface area (Å²) in [5.41, 5.74) is -0.628. The van der Waals surface area contributed by atoms with Crippen molar-refractivity contribution in [1.29, 1.82) is 0 Å². The minimum Gasteiger partial charge on any atom is -0.444 e. The van der Waals surface area contributed by atoms with Crippen LogP contribution in [0.1, 0.15) is 33.6 Å². The minimum atomic E-state index is -4.26. The molecule has 1 aromatic carbocycles. The number of hydrogen-bond acceptors (Lipinski definition) is 4. The van der Waals surface area contributed by atoms with Gasteiger partial charge >= 0.3 is 6.09 Å². The molecule has 1 saturated heterocycles. The molecule has 1 N–H and O–H groups in total. The average molecular weight is 376 g/mol. The average Bonchev–Trinajstić information content (AvgIpc) is 2.45. The summed E-state index contributed by atoms with van der Waals surface area (Å²) in [6.07, 6.45) is 0.0808. The van der Waals surface area contributed by atoms with E-state index in [9.17, 15) is 22.0 Å². The zero-order valence-electron chi connectivity index (χ0n) is 14.4. The SMILES string of the molecule is CC(C)(C)OC(=O)NC1CCN(S(=O)(=O)c2c(F)cccc2F)CC1. The Balaban J connectivity index is 2.01. The molecule has 1 aromatic rings. The number of piperidine rings is 1. The van der Waals surface area contributed by atoms with Crippen LogP contribution in [0.4, 0.5) is 13.6 Å². The standard InChI is InChI=1S/C16H22F2N2O4S/c1-16(2,3)24-15(21)19-11-7-9-20(10-8-11)25(22,23)14-12(17)5-4-6-13(14)18/h4-6,11H,7-10H2,1-3H3,(H,19,21). The first-order valence-corrected chi connectivity index (χ1v) is 9.38. The molecule has 0 aromatic heterocycles. The fourth-order valence-corrected chi connectivity index (χ4v) is 4.15. The van der Waals surface area contributed by atoms with Gasteiger partial charge in [0, 0.05) is 19.1 Å². The van der Waals surface area contributed by atoms with Gasteiger partial charge in [0.05, 0.1) is 0 Å². The first-order chi connectivity index (χ1) is 11.5. The van der Waals surface area contributed by atoms with E-state index in [0.29, 0.717) is 12.8 Å². The number of ether oxygens (including phenoxy) is 1. The number of nitrogens with zero attached hydrogens (tertiary/aromatic N) is 1. The van der Waals surface area contributed by atoms with Crippen LogP contribution < -0.4 is 5.32 Å². The molecule has 0 unspecified atom stereocenters. The van der Waals surface area contributed by atoms with Crippen LogP contribution in [0.15, 0.2) is 23.1 Å². The normalized spacial score (nSPS) is 17.3. The van der Waals surface area contributed by atoms with E-state index < -0.39 is 38.2 Å². The number of nitrogens with one attached hydrogen (secondary N) is 1. The molecule has 0 bridgehead atoms. The van der Waals surface area contributed by atoms with Gasteiger partial charge in [0.15, 0.2) is 4.90 Å². The molecule has 1 aliphatic heterocycles. The molecule has 140 valence electrons. The summed E-state index contributed by atoms with van der Waals surface area (Å²) in [5, 5.41) is 2.68. The zero-order valence-corrected chi connectivity index (χ0v) is 15.2. The van der Waals surface area contributed by atoms with Crippen LogP contribution in [-0.4, -0.2) is 43.5 Å². The summed E-state index contributed by atoms with van der Waals surface area (Å²) in [7, 11) is -4.26. The van der Waals surface area contributed by atoms with Gasteiger partial charge in [-0.05, 0) is 45.7 Å². The summed E-state index contributed by atoms with van der Waals surface area (Å²) >= 11 is 0. The summed E-state index contributed by atoms with van der Waals surface area (Å²) in [6.45, 7) is 5.33. The largest absolute Gasteiger partial charge is 0.444 e. The van der Waals surface area contributed by atoms with E-state index in [2.05, 4.69) is 5.32 Å². The lowest BCUT2D eigenvalue weighted by atomic mass is 10.1. The van der Waals surface area contributed by atoms with Crippen LogP contribution in [0.2, 0.25) is 0 Å². The molecule has 1 amide bonds. The molecule has 0 saturated carbocycles. The fourth-order valence-electron chi connectivity index (χ4n) is 2.57. The van der Waals surface area contributed by atoms with Crippen LogP contribution in [0.3, 0.4) is 0 Å². The van der Waals surface area contributed by atoms with E-state index in [1.54, 1.807) is 20.8 Å². The highest BCUT2D eigenvalue weighted by molar-refractivity contribution is 7.89. The van der Waals surface area contributed by atoms with Gasteiger partial charge in [-0.2, -0.15) is 4.31 Å². The van der Waals surface area contributed by atoms with Gasteiger partial charge in [-0.1, -0.05) is 6.07 Å². The first-order valence-electron chi connectivity index (χ1n) is 7.94. The Morgan fingerprint density at radius 1 is 1.20 bits per heavy atom. The van der Waals surface area contributed by atoms with E-state index in [1.165, 1.54) is 0 Å². The van der Waals surface area contributed by atoms with Gasteiger partial charge in [-0.25, -0.2) is 22.0 Å². The first kappa shape index (κ1) is 19.6. The molecule has 0 atom stereocenters. The summed E-state index contributed by atoms with van der Waals surface area (Å²) in [5.74, 6) is -2.23. The van der Waals surface area contributed by atoms with Gasteiger partial charge in [-0.3, -0.25) is 0 Å². The van der Waals surface area contributed by atoms with Crippen LogP contribution in [0, 0.1) is 11.6 Å². The Hall–Kier alpha value is -1.74. The second-order valence-corrected chi connectivity index (χ2v) is 8.75. The maximum atomic E-state index is 13.8. The molecule has 0 radical (unpaired) electrons. The van der Waals surface area contributed by atoms with Crippen LogP contribution >= 0.6 is 0 Å². The monoisotopic (exact) mass is 376 g/mol. The minimum absolute atomic E-state index is 0.0522. The van der Waals surface area contributed by atoms with Gasteiger partial charge in [0.1, 0.15) is 17.2 Å². The quantitative estimate of drug-likeness (QED) is 0.880. The smallest absolute Gasteiger partial charge is 0.407 e. The summed E-state index contributed by atoms with van der Waals surface area (Å²) < 4.78 is 58.7. The maximum absolute atomic E-state index is 13.8. The van der Waals surface area contributed by atoms with Gasteiger partial charge in [0.25, 0.3) is 0 Å². The Morgan fingerprint density at radius 3 is 2.20 bits per heavy atom. The van der Waals surface area contributed by atoms with Crippen molar-refractivity contribution in [3.63, 3.8) is 0 Å². The van der Waals surface area contributed by atoms with Crippen molar-refractivity contribution in [1.82, 2.24) is 9.62 Å². The molecule has 0 aliphatic carbocycles. The van der Waals surface area contributed by atoms with E-state index in [1.807, 2.05) is 0 Å². The molecule has 6 nitrogen and oxygen atoms in total. The second kappa shape index (κ2) is 7.25. The number of rotatable bonds is 3. The molecular weight excluding hydrogens is 354 g/mol. The maximum Gasteiger partial charge on any atom is 0.407 e. The molecule has 1 heterocycles. The predicted molar refractivity (Wildman–Crippen MR) is 87.5 cm³/mol. The molecule has 0 spiro atoms. The Kier molecular flexibility index (Phi) is 5.68. The van der Waals surface area contributed by atoms with Crippen molar-refractivity contribution in [3.8, 4) is 0 Å². The van der Waals surface area contributed by atoms with Crippen LogP contribution in [-0.2, 0) is 14.8 Å². The molecule has 1 aliphatic rings. The Labute approximate surface area is 146 Å². The lowest BCUT2D eigenvalue weighted by molar-refractivity contribution is 0.0489. The molecule has 1 fully saturated rings. The van der Waals surface area contributed by atoms with Crippen LogP contribution in [0.25, 0.3) is 0 Å². The lowest BCUT2D eigenvalue weighted by Crippen LogP contribution is -2.47. The third-order valence-electron chi connectivity index (χ3n) is 3.69. The topological polar surface area (TPSA) is 75.7 Å².